The number of aliphatic hydroxyl groups excluding tert-OH is 1. The maximum atomic E-state index is 11.9. The summed E-state index contributed by atoms with van der Waals surface area (Å²) in [6.45, 7) is 2.63. The van der Waals surface area contributed by atoms with Crippen molar-refractivity contribution in [3.63, 3.8) is 0 Å². The van der Waals surface area contributed by atoms with Gasteiger partial charge in [0.1, 0.15) is 12.1 Å². The summed E-state index contributed by atoms with van der Waals surface area (Å²) in [5.41, 5.74) is 5.49. The second kappa shape index (κ2) is 8.77. The number of hydrogen-bond acceptors (Lipinski definition) is 6. The van der Waals surface area contributed by atoms with Crippen molar-refractivity contribution in [2.45, 2.75) is 32.0 Å². The minimum Gasteiger partial charge on any atom is -0.480 e. The van der Waals surface area contributed by atoms with Crippen LogP contribution in [0.1, 0.15) is 13.8 Å². The predicted octanol–water partition coefficient (Wildman–Crippen LogP) is -2.05. The lowest BCUT2D eigenvalue weighted by Gasteiger charge is -2.24. The summed E-state index contributed by atoms with van der Waals surface area (Å²) >= 11 is 3.88. The largest absolute Gasteiger partial charge is 0.480 e. The normalized spacial score (nSPS) is 15.3. The molecule has 0 radical (unpaired) electrons. The Balaban J connectivity index is 4.79. The fourth-order valence-corrected chi connectivity index (χ4v) is 1.49. The van der Waals surface area contributed by atoms with E-state index in [9.17, 15) is 14.4 Å². The van der Waals surface area contributed by atoms with Gasteiger partial charge >= 0.3 is 5.97 Å². The molecule has 0 spiro atoms. The fourth-order valence-electron chi connectivity index (χ4n) is 1.33. The first-order valence-corrected chi connectivity index (χ1v) is 6.68. The van der Waals surface area contributed by atoms with Crippen molar-refractivity contribution in [1.29, 1.82) is 0 Å². The summed E-state index contributed by atoms with van der Waals surface area (Å²) < 4.78 is 0. The van der Waals surface area contributed by atoms with Crippen LogP contribution in [-0.4, -0.2) is 58.5 Å². The molecule has 0 aromatic rings. The molecule has 9 heteroatoms. The molecular formula is C11H21N3O5S. The van der Waals surface area contributed by atoms with E-state index in [0.29, 0.717) is 0 Å². The van der Waals surface area contributed by atoms with Crippen LogP contribution in [0.5, 0.6) is 0 Å². The van der Waals surface area contributed by atoms with Crippen LogP contribution in [0.3, 0.4) is 0 Å². The maximum absolute atomic E-state index is 11.9. The molecule has 0 rings (SSSR count). The van der Waals surface area contributed by atoms with Crippen LogP contribution in [0, 0.1) is 5.92 Å². The monoisotopic (exact) mass is 307 g/mol. The van der Waals surface area contributed by atoms with E-state index in [1.165, 1.54) is 0 Å². The molecule has 0 aliphatic rings. The van der Waals surface area contributed by atoms with Gasteiger partial charge in [0.2, 0.25) is 11.8 Å². The first-order chi connectivity index (χ1) is 9.24. The fraction of sp³-hybridized carbons (Fsp3) is 0.727. The standard InChI is InChI=1S/C11H21N3O5S/c1-5(2)8(14-9(16)6(12)4-20)10(17)13-7(3-15)11(18)19/h5-8,15,20H,3-4,12H2,1-2H3,(H,13,17)(H,14,16)(H,18,19)/t6-,7-,8-/m0/s1. The highest BCUT2D eigenvalue weighted by molar-refractivity contribution is 7.80. The molecule has 0 saturated heterocycles. The summed E-state index contributed by atoms with van der Waals surface area (Å²) in [5.74, 6) is -2.76. The molecule has 0 bridgehead atoms. The Labute approximate surface area is 122 Å². The SMILES string of the molecule is CC(C)[C@H](NC(=O)[C@@H](N)CS)C(=O)N[C@@H](CO)C(=O)O. The maximum Gasteiger partial charge on any atom is 0.328 e. The molecule has 0 heterocycles. The van der Waals surface area contributed by atoms with Crippen molar-refractivity contribution < 1.29 is 24.6 Å². The summed E-state index contributed by atoms with van der Waals surface area (Å²) in [6.07, 6.45) is 0. The van der Waals surface area contributed by atoms with Gasteiger partial charge in [-0.15, -0.1) is 0 Å². The zero-order valence-corrected chi connectivity index (χ0v) is 12.3. The van der Waals surface area contributed by atoms with Gasteiger partial charge in [-0.05, 0) is 5.92 Å². The number of carboxylic acid groups (broad SMARTS) is 1. The molecule has 0 aliphatic carbocycles. The van der Waals surface area contributed by atoms with E-state index in [-0.39, 0.29) is 11.7 Å². The number of amides is 2. The Morgan fingerprint density at radius 3 is 2.10 bits per heavy atom. The minimum absolute atomic E-state index is 0.118. The summed E-state index contributed by atoms with van der Waals surface area (Å²) in [6, 6.07) is -3.22. The van der Waals surface area contributed by atoms with E-state index in [2.05, 4.69) is 23.3 Å². The Bertz CT molecular complexity index is 364. The lowest BCUT2D eigenvalue weighted by atomic mass is 10.0. The molecule has 2 amide bonds. The van der Waals surface area contributed by atoms with Gasteiger partial charge in [-0.3, -0.25) is 9.59 Å². The molecule has 0 aromatic heterocycles. The highest BCUT2D eigenvalue weighted by Crippen LogP contribution is 2.03. The topological polar surface area (TPSA) is 142 Å². The Morgan fingerprint density at radius 1 is 1.20 bits per heavy atom. The number of rotatable bonds is 8. The number of carboxylic acids is 1. The number of hydrogen-bond donors (Lipinski definition) is 6. The van der Waals surface area contributed by atoms with E-state index in [1.807, 2.05) is 0 Å². The zero-order chi connectivity index (χ0) is 15.9. The molecule has 116 valence electrons. The van der Waals surface area contributed by atoms with Crippen LogP contribution in [0.2, 0.25) is 0 Å². The predicted molar refractivity (Wildman–Crippen MR) is 75.2 cm³/mol. The Hall–Kier alpha value is -1.32. The van der Waals surface area contributed by atoms with Gasteiger partial charge in [-0.25, -0.2) is 4.79 Å². The number of thiol groups is 1. The van der Waals surface area contributed by atoms with Gasteiger partial charge in [0.05, 0.1) is 12.6 Å². The van der Waals surface area contributed by atoms with Crippen molar-refractivity contribution in [3.8, 4) is 0 Å². The molecule has 20 heavy (non-hydrogen) atoms. The van der Waals surface area contributed by atoms with E-state index in [1.54, 1.807) is 13.8 Å². The van der Waals surface area contributed by atoms with Crippen LogP contribution in [0.4, 0.5) is 0 Å². The molecule has 0 fully saturated rings. The summed E-state index contributed by atoms with van der Waals surface area (Å²) in [7, 11) is 0. The van der Waals surface area contributed by atoms with Crippen LogP contribution in [-0.2, 0) is 14.4 Å². The zero-order valence-electron chi connectivity index (χ0n) is 11.4. The number of aliphatic hydroxyl groups is 1. The quantitative estimate of drug-likeness (QED) is 0.285. The number of carbonyl (C=O) groups excluding carboxylic acids is 2. The highest BCUT2D eigenvalue weighted by Gasteiger charge is 2.29. The minimum atomic E-state index is -1.42. The van der Waals surface area contributed by atoms with Crippen molar-refractivity contribution >= 4 is 30.4 Å². The third-order valence-electron chi connectivity index (χ3n) is 2.58. The van der Waals surface area contributed by atoms with Crippen LogP contribution in [0.25, 0.3) is 0 Å². The second-order valence-electron chi connectivity index (χ2n) is 4.60. The van der Waals surface area contributed by atoms with Crippen molar-refractivity contribution in [2.75, 3.05) is 12.4 Å². The van der Waals surface area contributed by atoms with Gasteiger partial charge in [-0.2, -0.15) is 12.6 Å². The summed E-state index contributed by atoms with van der Waals surface area (Å²) in [4.78, 5) is 34.3. The van der Waals surface area contributed by atoms with Gasteiger partial charge in [0.15, 0.2) is 0 Å². The van der Waals surface area contributed by atoms with Crippen molar-refractivity contribution in [3.05, 3.63) is 0 Å². The molecule has 0 aromatic carbocycles. The summed E-state index contributed by atoms with van der Waals surface area (Å²) in [5, 5.41) is 22.2. The third-order valence-corrected chi connectivity index (χ3v) is 2.97. The van der Waals surface area contributed by atoms with E-state index >= 15 is 0 Å². The van der Waals surface area contributed by atoms with Crippen molar-refractivity contribution in [1.82, 2.24) is 10.6 Å². The molecule has 0 saturated carbocycles. The third kappa shape index (κ3) is 5.76. The van der Waals surface area contributed by atoms with Gasteiger partial charge in [-0.1, -0.05) is 13.8 Å². The van der Waals surface area contributed by atoms with E-state index < -0.39 is 42.5 Å². The molecule has 0 aliphatic heterocycles. The van der Waals surface area contributed by atoms with Gasteiger partial charge in [0, 0.05) is 5.75 Å². The van der Waals surface area contributed by atoms with Gasteiger partial charge < -0.3 is 26.6 Å². The first kappa shape index (κ1) is 18.7. The molecular weight excluding hydrogens is 286 g/mol. The van der Waals surface area contributed by atoms with E-state index in [0.717, 1.165) is 0 Å². The Morgan fingerprint density at radius 2 is 1.75 bits per heavy atom. The molecule has 8 nitrogen and oxygen atoms in total. The lowest BCUT2D eigenvalue weighted by Crippen LogP contribution is -2.57. The number of nitrogens with one attached hydrogen (secondary N) is 2. The van der Waals surface area contributed by atoms with Gasteiger partial charge in [0.25, 0.3) is 0 Å². The smallest absolute Gasteiger partial charge is 0.328 e. The lowest BCUT2D eigenvalue weighted by molar-refractivity contribution is -0.143. The van der Waals surface area contributed by atoms with Crippen LogP contribution in [0.15, 0.2) is 0 Å². The molecule has 6 N–H and O–H groups in total. The van der Waals surface area contributed by atoms with E-state index in [4.69, 9.17) is 15.9 Å². The van der Waals surface area contributed by atoms with Crippen molar-refractivity contribution in [2.24, 2.45) is 11.7 Å². The molecule has 3 atom stereocenters. The molecule has 0 unspecified atom stereocenters. The highest BCUT2D eigenvalue weighted by atomic mass is 32.1. The average Bonchev–Trinajstić information content (AvgIpc) is 2.39. The first-order valence-electron chi connectivity index (χ1n) is 6.05. The average molecular weight is 307 g/mol. The van der Waals surface area contributed by atoms with Crippen LogP contribution >= 0.6 is 12.6 Å². The Kier molecular flexibility index (Phi) is 8.19. The number of nitrogens with two attached hydrogens (primary N) is 1. The van der Waals surface area contributed by atoms with Crippen LogP contribution < -0.4 is 16.4 Å². The number of carbonyl (C=O) groups is 3. The number of aliphatic carboxylic acids is 1. The second-order valence-corrected chi connectivity index (χ2v) is 4.97.